The number of halogens is 3. The number of ether oxygens (including phenoxy) is 1. The maximum atomic E-state index is 13.6. The first-order valence-electron chi connectivity index (χ1n) is 8.57. The number of carbonyl (C=O) groups excluding carboxylic acids is 1. The van der Waals surface area contributed by atoms with Gasteiger partial charge in [-0.15, -0.1) is 0 Å². The molecular weight excluding hydrogens is 373 g/mol. The summed E-state index contributed by atoms with van der Waals surface area (Å²) in [4.78, 5) is 12.5. The Morgan fingerprint density at radius 3 is 2.43 bits per heavy atom. The lowest BCUT2D eigenvalue weighted by Crippen LogP contribution is -2.57. The highest BCUT2D eigenvalue weighted by atomic mass is 19.4. The predicted molar refractivity (Wildman–Crippen MR) is 96.9 cm³/mol. The minimum atomic E-state index is -5.08. The van der Waals surface area contributed by atoms with E-state index in [0.717, 1.165) is 11.1 Å². The normalized spacial score (nSPS) is 19.5. The van der Waals surface area contributed by atoms with Crippen molar-refractivity contribution in [3.05, 3.63) is 65.2 Å². The molecule has 2 aromatic carbocycles. The highest BCUT2D eigenvalue weighted by Gasteiger charge is 2.63. The van der Waals surface area contributed by atoms with Crippen LogP contribution in [0.2, 0.25) is 0 Å². The number of nitrogens with zero attached hydrogens (tertiary/aromatic N) is 2. The van der Waals surface area contributed by atoms with E-state index in [0.29, 0.717) is 11.3 Å². The van der Waals surface area contributed by atoms with E-state index in [1.54, 1.807) is 55.5 Å². The number of benzene rings is 2. The Labute approximate surface area is 160 Å². The Morgan fingerprint density at radius 2 is 1.82 bits per heavy atom. The van der Waals surface area contributed by atoms with E-state index in [4.69, 9.17) is 4.74 Å². The minimum absolute atomic E-state index is 0.0240. The molecule has 28 heavy (non-hydrogen) atoms. The molecule has 0 aliphatic carbocycles. The molecule has 1 N–H and O–H groups in total. The molecule has 5 nitrogen and oxygen atoms in total. The Bertz CT molecular complexity index is 910. The molecule has 0 saturated carbocycles. The zero-order valence-electron chi connectivity index (χ0n) is 15.3. The van der Waals surface area contributed by atoms with Gasteiger partial charge < -0.3 is 9.84 Å². The summed E-state index contributed by atoms with van der Waals surface area (Å²) in [6, 6.07) is 13.4. The number of amides is 1. The molecule has 1 amide bonds. The number of carbonyl (C=O) groups is 1. The standard InChI is InChI=1S/C20H19F3N2O3/c1-13-7-9-15(10-8-13)16-11-19(27,20(21,22)23)25(24-16)18(26)12-28-17-6-4-3-5-14(17)2/h3-10,27H,11-12H2,1-2H3/t19-/m1/s1. The summed E-state index contributed by atoms with van der Waals surface area (Å²) in [7, 11) is 0. The molecular formula is C20H19F3N2O3. The van der Waals surface area contributed by atoms with Crippen molar-refractivity contribution in [1.82, 2.24) is 5.01 Å². The van der Waals surface area contributed by atoms with Gasteiger partial charge in [-0.2, -0.15) is 23.3 Å². The summed E-state index contributed by atoms with van der Waals surface area (Å²) in [5.74, 6) is -0.724. The topological polar surface area (TPSA) is 62.1 Å². The first-order valence-corrected chi connectivity index (χ1v) is 8.57. The molecule has 8 heteroatoms. The van der Waals surface area contributed by atoms with Crippen LogP contribution in [-0.4, -0.2) is 40.2 Å². The molecule has 0 fully saturated rings. The van der Waals surface area contributed by atoms with E-state index >= 15 is 0 Å². The van der Waals surface area contributed by atoms with Crippen LogP contribution < -0.4 is 4.74 Å². The van der Waals surface area contributed by atoms with Crippen LogP contribution in [0.3, 0.4) is 0 Å². The molecule has 2 aromatic rings. The van der Waals surface area contributed by atoms with Crippen LogP contribution in [0.4, 0.5) is 13.2 Å². The third-order valence-corrected chi connectivity index (χ3v) is 4.50. The fourth-order valence-corrected chi connectivity index (χ4v) is 2.85. The van der Waals surface area contributed by atoms with Gasteiger partial charge in [0.15, 0.2) is 6.61 Å². The summed E-state index contributed by atoms with van der Waals surface area (Å²) >= 11 is 0. The Balaban J connectivity index is 1.86. The Hall–Kier alpha value is -2.87. The third kappa shape index (κ3) is 3.73. The van der Waals surface area contributed by atoms with Gasteiger partial charge in [0.1, 0.15) is 5.75 Å². The highest BCUT2D eigenvalue weighted by Crippen LogP contribution is 2.41. The lowest BCUT2D eigenvalue weighted by Gasteiger charge is -2.32. The molecule has 1 aliphatic heterocycles. The van der Waals surface area contributed by atoms with Crippen molar-refractivity contribution in [2.45, 2.75) is 32.2 Å². The van der Waals surface area contributed by atoms with Crippen LogP contribution in [-0.2, 0) is 4.79 Å². The van der Waals surface area contributed by atoms with Gasteiger partial charge in [-0.05, 0) is 31.0 Å². The number of hydrazone groups is 1. The van der Waals surface area contributed by atoms with Gasteiger partial charge in [0.25, 0.3) is 11.6 Å². The molecule has 0 unspecified atom stereocenters. The van der Waals surface area contributed by atoms with Crippen molar-refractivity contribution in [2.24, 2.45) is 5.10 Å². The van der Waals surface area contributed by atoms with Gasteiger partial charge in [0.2, 0.25) is 0 Å². The molecule has 1 atom stereocenters. The molecule has 3 rings (SSSR count). The van der Waals surface area contributed by atoms with Crippen LogP contribution in [0, 0.1) is 13.8 Å². The summed E-state index contributed by atoms with van der Waals surface area (Å²) in [6.07, 6.45) is -5.93. The maximum absolute atomic E-state index is 13.6. The second kappa shape index (κ2) is 7.27. The lowest BCUT2D eigenvalue weighted by molar-refractivity contribution is -0.302. The number of hydrogen-bond donors (Lipinski definition) is 1. The first-order chi connectivity index (χ1) is 13.1. The summed E-state index contributed by atoms with van der Waals surface area (Å²) in [6.45, 7) is 2.90. The molecule has 0 saturated heterocycles. The van der Waals surface area contributed by atoms with Crippen LogP contribution >= 0.6 is 0 Å². The summed E-state index contributed by atoms with van der Waals surface area (Å²) < 4.78 is 46.1. The fraction of sp³-hybridized carbons (Fsp3) is 0.300. The van der Waals surface area contributed by atoms with E-state index < -0.39 is 30.8 Å². The van der Waals surface area contributed by atoms with Crippen molar-refractivity contribution in [2.75, 3.05) is 6.61 Å². The second-order valence-corrected chi connectivity index (χ2v) is 6.66. The number of hydrogen-bond acceptors (Lipinski definition) is 4. The molecule has 0 radical (unpaired) electrons. The predicted octanol–water partition coefficient (Wildman–Crippen LogP) is 3.57. The van der Waals surface area contributed by atoms with Crippen molar-refractivity contribution >= 4 is 11.6 Å². The molecule has 1 aliphatic rings. The van der Waals surface area contributed by atoms with Gasteiger partial charge in [-0.1, -0.05) is 48.0 Å². The van der Waals surface area contributed by atoms with Gasteiger partial charge in [-0.25, -0.2) is 0 Å². The first kappa shape index (κ1) is 19.9. The molecule has 1 heterocycles. The van der Waals surface area contributed by atoms with Gasteiger partial charge in [0, 0.05) is 0 Å². The molecule has 0 bridgehead atoms. The van der Waals surface area contributed by atoms with Gasteiger partial charge in [0.05, 0.1) is 12.1 Å². The molecule has 0 aromatic heterocycles. The summed E-state index contributed by atoms with van der Waals surface area (Å²) in [5.41, 5.74) is -1.38. The lowest BCUT2D eigenvalue weighted by atomic mass is 10.00. The van der Waals surface area contributed by atoms with Crippen LogP contribution in [0.15, 0.2) is 53.6 Å². The Kier molecular flexibility index (Phi) is 5.16. The van der Waals surface area contributed by atoms with Crippen LogP contribution in [0.1, 0.15) is 23.1 Å². The maximum Gasteiger partial charge on any atom is 0.438 e. The van der Waals surface area contributed by atoms with Crippen molar-refractivity contribution in [3.8, 4) is 5.75 Å². The van der Waals surface area contributed by atoms with Crippen LogP contribution in [0.5, 0.6) is 5.75 Å². The number of aliphatic hydroxyl groups is 1. The number of alkyl halides is 3. The highest BCUT2D eigenvalue weighted by molar-refractivity contribution is 6.03. The zero-order valence-corrected chi connectivity index (χ0v) is 15.3. The SMILES string of the molecule is Cc1ccc(C2=NN(C(=O)COc3ccccc3C)[C@](O)(C(F)(F)F)C2)cc1. The average Bonchev–Trinajstić information content (AvgIpc) is 3.00. The van der Waals surface area contributed by atoms with Gasteiger partial charge in [-0.3, -0.25) is 4.79 Å². The average molecular weight is 392 g/mol. The monoisotopic (exact) mass is 392 g/mol. The van der Waals surface area contributed by atoms with E-state index in [2.05, 4.69) is 5.10 Å². The van der Waals surface area contributed by atoms with E-state index in [1.807, 2.05) is 6.92 Å². The molecule has 0 spiro atoms. The smallest absolute Gasteiger partial charge is 0.438 e. The minimum Gasteiger partial charge on any atom is -0.483 e. The van der Waals surface area contributed by atoms with E-state index in [9.17, 15) is 23.1 Å². The van der Waals surface area contributed by atoms with Crippen molar-refractivity contribution in [3.63, 3.8) is 0 Å². The number of rotatable bonds is 4. The zero-order chi connectivity index (χ0) is 20.5. The third-order valence-electron chi connectivity index (χ3n) is 4.50. The van der Waals surface area contributed by atoms with Crippen molar-refractivity contribution in [1.29, 1.82) is 0 Å². The largest absolute Gasteiger partial charge is 0.483 e. The quantitative estimate of drug-likeness (QED) is 0.865. The Morgan fingerprint density at radius 1 is 1.18 bits per heavy atom. The second-order valence-electron chi connectivity index (χ2n) is 6.66. The van der Waals surface area contributed by atoms with Crippen molar-refractivity contribution < 1.29 is 27.8 Å². The van der Waals surface area contributed by atoms with E-state index in [1.165, 1.54) is 0 Å². The summed E-state index contributed by atoms with van der Waals surface area (Å²) in [5, 5.41) is 14.2. The molecule has 148 valence electrons. The van der Waals surface area contributed by atoms with Crippen LogP contribution in [0.25, 0.3) is 0 Å². The fourth-order valence-electron chi connectivity index (χ4n) is 2.85. The van der Waals surface area contributed by atoms with E-state index in [-0.39, 0.29) is 10.7 Å². The number of para-hydroxylation sites is 1. The van der Waals surface area contributed by atoms with Gasteiger partial charge >= 0.3 is 6.18 Å². The number of aryl methyl sites for hydroxylation is 2.